The van der Waals surface area contributed by atoms with Crippen LogP contribution in [0.25, 0.3) is 0 Å². The molecule has 0 aliphatic carbocycles. The Hall–Kier alpha value is -1.94. The monoisotopic (exact) mass is 1590 g/mol. The van der Waals surface area contributed by atoms with Crippen molar-refractivity contribution in [3.63, 3.8) is 0 Å². The standard InChI is InChI=1S/C90H176O17P2/c1-80(2)66-58-50-42-34-27-21-15-11-9-10-12-18-25-31-39-48-56-64-72-89(94)106-85(76-100-87(92)70-62-54-46-38-30-24-19-13-16-22-28-35-43-51-59-67-81(3)4)78-104-108(96,97)102-74-84(91)75-103-109(98,99)105-79-86(77-101-88(93)71-63-55-47-41-33-37-45-53-61-69-83(7)8)107-90(95)73-65-57-49-40-32-26-20-14-17-23-29-36-44-52-60-68-82(5)6/h80-86,91H,9-79H2,1-8H3,(H,96,97)(H,98,99)/t84-,85-,86-/m1/s1. The highest BCUT2D eigenvalue weighted by atomic mass is 31.2. The van der Waals surface area contributed by atoms with Crippen molar-refractivity contribution in [1.29, 1.82) is 0 Å². The van der Waals surface area contributed by atoms with E-state index in [9.17, 15) is 43.2 Å². The number of rotatable bonds is 87. The van der Waals surface area contributed by atoms with Gasteiger partial charge in [-0.1, -0.05) is 421 Å². The number of hydrogen-bond acceptors (Lipinski definition) is 15. The molecule has 0 spiro atoms. The lowest BCUT2D eigenvalue weighted by atomic mass is 10.0. The fourth-order valence-electron chi connectivity index (χ4n) is 14.0. The van der Waals surface area contributed by atoms with Crippen molar-refractivity contribution in [3.05, 3.63) is 0 Å². The number of aliphatic hydroxyl groups is 1. The molecular weight excluding hydrogens is 1410 g/mol. The van der Waals surface area contributed by atoms with Crippen LogP contribution in [0, 0.1) is 23.7 Å². The Morgan fingerprint density at radius 2 is 0.385 bits per heavy atom. The Labute approximate surface area is 670 Å². The molecule has 0 rings (SSSR count). The Bertz CT molecular complexity index is 2110. The molecular formula is C90H176O17P2. The maximum atomic E-state index is 13.2. The van der Waals surface area contributed by atoms with Crippen LogP contribution in [0.1, 0.15) is 473 Å². The van der Waals surface area contributed by atoms with E-state index in [0.29, 0.717) is 25.7 Å². The van der Waals surface area contributed by atoms with Crippen LogP contribution in [-0.2, 0) is 65.4 Å². The first-order chi connectivity index (χ1) is 52.6. The van der Waals surface area contributed by atoms with Gasteiger partial charge in [0.15, 0.2) is 12.2 Å². The average Bonchev–Trinajstić information content (AvgIpc) is 0.900. The summed E-state index contributed by atoms with van der Waals surface area (Å²) in [4.78, 5) is 73.4. The van der Waals surface area contributed by atoms with E-state index in [1.165, 1.54) is 276 Å². The zero-order chi connectivity index (χ0) is 80.2. The highest BCUT2D eigenvalue weighted by Crippen LogP contribution is 2.45. The minimum atomic E-state index is -4.97. The summed E-state index contributed by atoms with van der Waals surface area (Å²) < 4.78 is 69.1. The third-order valence-corrected chi connectivity index (χ3v) is 23.0. The van der Waals surface area contributed by atoms with Crippen LogP contribution in [0.5, 0.6) is 0 Å². The van der Waals surface area contributed by atoms with Crippen molar-refractivity contribution in [2.24, 2.45) is 23.7 Å². The van der Waals surface area contributed by atoms with Crippen LogP contribution in [0.15, 0.2) is 0 Å². The molecule has 5 atom stereocenters. The van der Waals surface area contributed by atoms with Gasteiger partial charge in [0.25, 0.3) is 0 Å². The summed E-state index contributed by atoms with van der Waals surface area (Å²) in [7, 11) is -9.94. The summed E-state index contributed by atoms with van der Waals surface area (Å²) in [6.45, 7) is 14.4. The largest absolute Gasteiger partial charge is 0.472 e. The first kappa shape index (κ1) is 107. The van der Waals surface area contributed by atoms with Crippen molar-refractivity contribution in [1.82, 2.24) is 0 Å². The number of carbonyl (C=O) groups excluding carboxylic acids is 4. The molecule has 0 aliphatic rings. The van der Waals surface area contributed by atoms with Gasteiger partial charge < -0.3 is 33.8 Å². The molecule has 0 heterocycles. The van der Waals surface area contributed by atoms with Crippen LogP contribution in [0.2, 0.25) is 0 Å². The van der Waals surface area contributed by atoms with Gasteiger partial charge in [-0.25, -0.2) is 9.13 Å². The third kappa shape index (κ3) is 83.8. The van der Waals surface area contributed by atoms with Gasteiger partial charge in [-0.05, 0) is 49.4 Å². The van der Waals surface area contributed by atoms with E-state index in [-0.39, 0.29) is 25.7 Å². The number of unbranched alkanes of at least 4 members (excludes halogenated alkanes) is 53. The van der Waals surface area contributed by atoms with Crippen molar-refractivity contribution < 1.29 is 80.2 Å². The van der Waals surface area contributed by atoms with Crippen LogP contribution in [0.3, 0.4) is 0 Å². The lowest BCUT2D eigenvalue weighted by Crippen LogP contribution is -2.30. The molecule has 3 N–H and O–H groups in total. The summed E-state index contributed by atoms with van der Waals surface area (Å²) in [6.07, 6.45) is 69.4. The molecule has 0 aromatic carbocycles. The van der Waals surface area contributed by atoms with Crippen LogP contribution in [-0.4, -0.2) is 96.7 Å². The molecule has 0 aromatic heterocycles. The molecule has 19 heteroatoms. The maximum Gasteiger partial charge on any atom is 0.472 e. The highest BCUT2D eigenvalue weighted by molar-refractivity contribution is 7.47. The minimum Gasteiger partial charge on any atom is -0.462 e. The number of aliphatic hydroxyl groups excluding tert-OH is 1. The summed E-state index contributed by atoms with van der Waals surface area (Å²) >= 11 is 0. The fraction of sp³-hybridized carbons (Fsp3) is 0.956. The van der Waals surface area contributed by atoms with E-state index in [1.807, 2.05) is 0 Å². The first-order valence-electron chi connectivity index (χ1n) is 46.2. The van der Waals surface area contributed by atoms with Crippen LogP contribution < -0.4 is 0 Å². The van der Waals surface area contributed by atoms with Gasteiger partial charge in [-0.2, -0.15) is 0 Å². The summed E-state index contributed by atoms with van der Waals surface area (Å²) in [5, 5.41) is 10.7. The molecule has 0 aromatic rings. The fourth-order valence-corrected chi connectivity index (χ4v) is 15.6. The summed E-state index contributed by atoms with van der Waals surface area (Å²) in [6, 6.07) is 0. The molecule has 17 nitrogen and oxygen atoms in total. The van der Waals surface area contributed by atoms with Gasteiger partial charge in [-0.15, -0.1) is 0 Å². The molecule has 648 valence electrons. The van der Waals surface area contributed by atoms with Gasteiger partial charge >= 0.3 is 39.5 Å². The van der Waals surface area contributed by atoms with E-state index in [2.05, 4.69) is 55.4 Å². The smallest absolute Gasteiger partial charge is 0.462 e. The molecule has 0 radical (unpaired) electrons. The van der Waals surface area contributed by atoms with Gasteiger partial charge in [0.1, 0.15) is 19.3 Å². The number of hydrogen-bond donors (Lipinski definition) is 3. The Kier molecular flexibility index (Phi) is 77.2. The average molecular weight is 1590 g/mol. The predicted molar refractivity (Wildman–Crippen MR) is 451 cm³/mol. The third-order valence-electron chi connectivity index (χ3n) is 21.1. The second kappa shape index (κ2) is 78.6. The lowest BCUT2D eigenvalue weighted by Gasteiger charge is -2.21. The number of esters is 4. The maximum absolute atomic E-state index is 13.2. The van der Waals surface area contributed by atoms with Crippen LogP contribution >= 0.6 is 15.6 Å². The van der Waals surface area contributed by atoms with Crippen molar-refractivity contribution in [3.8, 4) is 0 Å². The topological polar surface area (TPSA) is 237 Å². The molecule has 0 saturated carbocycles. The second-order valence-electron chi connectivity index (χ2n) is 34.2. The highest BCUT2D eigenvalue weighted by Gasteiger charge is 2.31. The van der Waals surface area contributed by atoms with E-state index in [4.69, 9.17) is 37.0 Å². The summed E-state index contributed by atoms with van der Waals surface area (Å²) in [5.74, 6) is 1.07. The number of carbonyl (C=O) groups is 4. The van der Waals surface area contributed by atoms with Crippen molar-refractivity contribution in [2.45, 2.75) is 491 Å². The van der Waals surface area contributed by atoms with Crippen molar-refractivity contribution >= 4 is 39.5 Å². The Morgan fingerprint density at radius 3 is 0.569 bits per heavy atom. The number of phosphoric ester groups is 2. The Morgan fingerprint density at radius 1 is 0.229 bits per heavy atom. The van der Waals surface area contributed by atoms with E-state index in [0.717, 1.165) is 114 Å². The predicted octanol–water partition coefficient (Wildman–Crippen LogP) is 27.5. The molecule has 0 saturated heterocycles. The van der Waals surface area contributed by atoms with E-state index in [1.54, 1.807) is 0 Å². The molecule has 0 fully saturated rings. The Balaban J connectivity index is 5.26. The molecule has 0 bridgehead atoms. The van der Waals surface area contributed by atoms with Crippen LogP contribution in [0.4, 0.5) is 0 Å². The van der Waals surface area contributed by atoms with Gasteiger partial charge in [0.05, 0.1) is 26.4 Å². The zero-order valence-corrected chi connectivity index (χ0v) is 74.0. The van der Waals surface area contributed by atoms with Gasteiger partial charge in [0.2, 0.25) is 0 Å². The van der Waals surface area contributed by atoms with E-state index >= 15 is 0 Å². The lowest BCUT2D eigenvalue weighted by molar-refractivity contribution is -0.161. The molecule has 2 unspecified atom stereocenters. The van der Waals surface area contributed by atoms with Crippen molar-refractivity contribution in [2.75, 3.05) is 39.6 Å². The minimum absolute atomic E-state index is 0.107. The van der Waals surface area contributed by atoms with Gasteiger partial charge in [0, 0.05) is 25.7 Å². The quantitative estimate of drug-likeness (QED) is 0.0222. The number of phosphoric acid groups is 2. The normalized spacial score (nSPS) is 13.9. The summed E-state index contributed by atoms with van der Waals surface area (Å²) in [5.41, 5.74) is 0. The van der Waals surface area contributed by atoms with E-state index < -0.39 is 97.5 Å². The molecule has 109 heavy (non-hydrogen) atoms. The molecule has 0 amide bonds. The zero-order valence-electron chi connectivity index (χ0n) is 72.2. The second-order valence-corrected chi connectivity index (χ2v) is 37.2. The first-order valence-corrected chi connectivity index (χ1v) is 49.2. The SMILES string of the molecule is CC(C)CCCCCCCCCCCCCCCCCCCCC(=O)O[C@H](COC(=O)CCCCCCCCCCCCCCCCCC(C)C)COP(=O)(O)OC[C@@H](O)COP(=O)(O)OC[C@@H](COC(=O)CCCCCCCCCCCC(C)C)OC(=O)CCCCCCCCCCCCCCCCCC(C)C. The number of ether oxygens (including phenoxy) is 4. The molecule has 0 aliphatic heterocycles. The van der Waals surface area contributed by atoms with Gasteiger partial charge in [-0.3, -0.25) is 37.3 Å².